The van der Waals surface area contributed by atoms with Crippen molar-refractivity contribution >= 4 is 33.4 Å². The van der Waals surface area contributed by atoms with Crippen LogP contribution in [0, 0.1) is 0 Å². The number of alkyl halides is 3. The van der Waals surface area contributed by atoms with Gasteiger partial charge in [-0.2, -0.15) is 13.2 Å². The molecule has 0 atom stereocenters. The maximum absolute atomic E-state index is 12.4. The van der Waals surface area contributed by atoms with E-state index in [9.17, 15) is 13.2 Å². The molecule has 0 radical (unpaired) electrons. The minimum Gasteiger partial charge on any atom is -0.466 e. The molecule has 0 aliphatic carbocycles. The number of nitrogens with one attached hydrogen (secondary N) is 1. The third kappa shape index (κ3) is 4.21. The summed E-state index contributed by atoms with van der Waals surface area (Å²) in [4.78, 5) is 0.137. The van der Waals surface area contributed by atoms with Gasteiger partial charge in [0.1, 0.15) is 5.76 Å². The number of anilines is 1. The van der Waals surface area contributed by atoms with E-state index in [-0.39, 0.29) is 16.7 Å². The summed E-state index contributed by atoms with van der Waals surface area (Å²) in [6.45, 7) is 0.309. The smallest absolute Gasteiger partial charge is 0.446 e. The molecular weight excluding hydrogens is 343 g/mol. The molecule has 102 valence electrons. The zero-order valence-electron chi connectivity index (χ0n) is 9.50. The van der Waals surface area contributed by atoms with Crippen molar-refractivity contribution in [2.75, 3.05) is 5.32 Å². The van der Waals surface area contributed by atoms with Crippen LogP contribution in [0.2, 0.25) is 0 Å². The molecular formula is C12H9BrF3NOS. The highest BCUT2D eigenvalue weighted by Gasteiger charge is 2.30. The second-order valence-corrected chi connectivity index (χ2v) is 5.55. The molecule has 0 aliphatic heterocycles. The Kier molecular flexibility index (Phi) is 4.46. The molecule has 2 aromatic rings. The highest BCUT2D eigenvalue weighted by atomic mass is 79.9. The van der Waals surface area contributed by atoms with Gasteiger partial charge in [0.05, 0.1) is 17.3 Å². The Morgan fingerprint density at radius 1 is 1.21 bits per heavy atom. The van der Waals surface area contributed by atoms with E-state index in [2.05, 4.69) is 21.2 Å². The molecule has 7 heteroatoms. The Morgan fingerprint density at radius 2 is 1.95 bits per heavy atom. The van der Waals surface area contributed by atoms with Crippen molar-refractivity contribution in [1.82, 2.24) is 0 Å². The van der Waals surface area contributed by atoms with Crippen LogP contribution in [0.1, 0.15) is 5.76 Å². The minimum atomic E-state index is -4.30. The second kappa shape index (κ2) is 5.92. The summed E-state index contributed by atoms with van der Waals surface area (Å²) in [5, 5.41) is 2.93. The Labute approximate surface area is 120 Å². The van der Waals surface area contributed by atoms with E-state index >= 15 is 0 Å². The molecule has 0 amide bonds. The summed E-state index contributed by atoms with van der Waals surface area (Å²) in [6.07, 6.45) is 1.51. The summed E-state index contributed by atoms with van der Waals surface area (Å²) >= 11 is 3.15. The molecule has 1 heterocycles. The van der Waals surface area contributed by atoms with E-state index in [1.807, 2.05) is 0 Å². The largest absolute Gasteiger partial charge is 0.466 e. The van der Waals surface area contributed by atoms with Crippen LogP contribution >= 0.6 is 27.7 Å². The van der Waals surface area contributed by atoms with Gasteiger partial charge in [-0.25, -0.2) is 0 Å². The molecule has 0 unspecified atom stereocenters. The first kappa shape index (κ1) is 14.3. The molecule has 0 saturated heterocycles. The van der Waals surface area contributed by atoms with Crippen molar-refractivity contribution in [3.63, 3.8) is 0 Å². The monoisotopic (exact) mass is 351 g/mol. The Balaban J connectivity index is 2.10. The molecule has 0 bridgehead atoms. The van der Waals surface area contributed by atoms with E-state index in [1.54, 1.807) is 24.3 Å². The maximum atomic E-state index is 12.4. The van der Waals surface area contributed by atoms with Crippen molar-refractivity contribution in [2.24, 2.45) is 0 Å². The van der Waals surface area contributed by atoms with E-state index in [4.69, 9.17) is 4.42 Å². The van der Waals surface area contributed by atoms with Crippen LogP contribution in [-0.2, 0) is 6.54 Å². The van der Waals surface area contributed by atoms with Gasteiger partial charge < -0.3 is 9.73 Å². The number of hydrogen-bond donors (Lipinski definition) is 1. The molecule has 2 nitrogen and oxygen atoms in total. The summed E-state index contributed by atoms with van der Waals surface area (Å²) < 4.78 is 43.2. The number of thioether (sulfide) groups is 1. The molecule has 1 N–H and O–H groups in total. The number of halogens is 4. The normalized spacial score (nSPS) is 11.6. The quantitative estimate of drug-likeness (QED) is 0.760. The van der Waals surface area contributed by atoms with Crippen LogP contribution in [0.15, 0.2) is 50.4 Å². The lowest BCUT2D eigenvalue weighted by Crippen LogP contribution is -2.04. The van der Waals surface area contributed by atoms with Crippen LogP contribution in [-0.4, -0.2) is 5.51 Å². The first-order chi connectivity index (χ1) is 8.96. The summed E-state index contributed by atoms with van der Waals surface area (Å²) in [5.41, 5.74) is -3.88. The van der Waals surface area contributed by atoms with Gasteiger partial charge in [-0.15, -0.1) is 0 Å². The van der Waals surface area contributed by atoms with Crippen molar-refractivity contribution in [3.05, 3.63) is 46.8 Å². The fourth-order valence-corrected chi connectivity index (χ4v) is 2.44. The average molecular weight is 352 g/mol. The summed E-state index contributed by atoms with van der Waals surface area (Å²) in [5.74, 6) is 0.631. The van der Waals surface area contributed by atoms with E-state index in [0.29, 0.717) is 18.0 Å². The van der Waals surface area contributed by atoms with Gasteiger partial charge in [0, 0.05) is 10.6 Å². The van der Waals surface area contributed by atoms with E-state index < -0.39 is 5.51 Å². The third-order valence-electron chi connectivity index (χ3n) is 2.24. The lowest BCUT2D eigenvalue weighted by Gasteiger charge is -2.12. The van der Waals surface area contributed by atoms with Gasteiger partial charge in [0.25, 0.3) is 0 Å². The number of furan rings is 1. The molecule has 0 spiro atoms. The second-order valence-electron chi connectivity index (χ2n) is 3.59. The lowest BCUT2D eigenvalue weighted by molar-refractivity contribution is -0.0327. The van der Waals surface area contributed by atoms with Gasteiger partial charge in [-0.1, -0.05) is 12.1 Å². The van der Waals surface area contributed by atoms with Crippen molar-refractivity contribution in [3.8, 4) is 0 Å². The van der Waals surface area contributed by atoms with E-state index in [1.165, 1.54) is 12.3 Å². The fourth-order valence-electron chi connectivity index (χ4n) is 1.45. The molecule has 0 saturated carbocycles. The average Bonchev–Trinajstić information content (AvgIpc) is 2.72. The number of rotatable bonds is 4. The Hall–Kier alpha value is -1.08. The van der Waals surface area contributed by atoms with Gasteiger partial charge in [0.2, 0.25) is 0 Å². The van der Waals surface area contributed by atoms with Crippen molar-refractivity contribution in [2.45, 2.75) is 16.9 Å². The first-order valence-electron chi connectivity index (χ1n) is 5.26. The zero-order valence-corrected chi connectivity index (χ0v) is 11.9. The molecule has 19 heavy (non-hydrogen) atoms. The minimum absolute atomic E-state index is 0.136. The molecule has 2 rings (SSSR count). The predicted molar refractivity (Wildman–Crippen MR) is 72.1 cm³/mol. The Bertz CT molecular complexity index is 556. The lowest BCUT2D eigenvalue weighted by atomic mass is 10.3. The third-order valence-corrected chi connectivity index (χ3v) is 3.76. The van der Waals surface area contributed by atoms with Crippen LogP contribution in [0.4, 0.5) is 18.9 Å². The number of benzene rings is 1. The standard InChI is InChI=1S/C12H9BrF3NOS/c13-8-5-6-18-10(8)7-17-9-3-1-2-4-11(9)19-12(14,15)16/h1-6,17H,7H2. The van der Waals surface area contributed by atoms with Crippen LogP contribution in [0.3, 0.4) is 0 Å². The highest BCUT2D eigenvalue weighted by molar-refractivity contribution is 9.10. The molecule has 0 fully saturated rings. The van der Waals surface area contributed by atoms with Crippen molar-refractivity contribution < 1.29 is 17.6 Å². The van der Waals surface area contributed by atoms with Crippen LogP contribution < -0.4 is 5.32 Å². The summed E-state index contributed by atoms with van der Waals surface area (Å²) in [7, 11) is 0. The SMILES string of the molecule is FC(F)(F)Sc1ccccc1NCc1occc1Br. The fraction of sp³-hybridized carbons (Fsp3) is 0.167. The van der Waals surface area contributed by atoms with Gasteiger partial charge in [-0.05, 0) is 45.9 Å². The van der Waals surface area contributed by atoms with Crippen LogP contribution in [0.5, 0.6) is 0 Å². The zero-order chi connectivity index (χ0) is 13.9. The first-order valence-corrected chi connectivity index (χ1v) is 6.87. The van der Waals surface area contributed by atoms with Crippen LogP contribution in [0.25, 0.3) is 0 Å². The van der Waals surface area contributed by atoms with E-state index in [0.717, 1.165) is 4.47 Å². The van der Waals surface area contributed by atoms with Crippen molar-refractivity contribution in [1.29, 1.82) is 0 Å². The molecule has 1 aromatic carbocycles. The van der Waals surface area contributed by atoms with Gasteiger partial charge in [0.15, 0.2) is 0 Å². The highest BCUT2D eigenvalue weighted by Crippen LogP contribution is 2.40. The predicted octanol–water partition coefficient (Wildman–Crippen LogP) is 5.27. The topological polar surface area (TPSA) is 25.2 Å². The maximum Gasteiger partial charge on any atom is 0.446 e. The van der Waals surface area contributed by atoms with Gasteiger partial charge in [-0.3, -0.25) is 0 Å². The number of para-hydroxylation sites is 1. The van der Waals surface area contributed by atoms with Gasteiger partial charge >= 0.3 is 5.51 Å². The molecule has 1 aromatic heterocycles. The Morgan fingerprint density at radius 3 is 2.58 bits per heavy atom. The molecule has 0 aliphatic rings. The summed E-state index contributed by atoms with van der Waals surface area (Å²) in [6, 6.07) is 8.01. The number of hydrogen-bond acceptors (Lipinski definition) is 3.